The minimum Gasteiger partial charge on any atom is -0.496 e. The van der Waals surface area contributed by atoms with Gasteiger partial charge >= 0.3 is 0 Å². The number of methoxy groups -OCH3 is 1. The molecule has 0 spiro atoms. The third kappa shape index (κ3) is 1.73. The minimum absolute atomic E-state index is 0.246. The Bertz CT molecular complexity index is 407. The molecule has 16 heavy (non-hydrogen) atoms. The molecule has 0 saturated heterocycles. The van der Waals surface area contributed by atoms with Crippen molar-refractivity contribution in [2.24, 2.45) is 11.3 Å². The van der Waals surface area contributed by atoms with E-state index in [0.29, 0.717) is 5.92 Å². The third-order valence-electron chi connectivity index (χ3n) is 3.72. The van der Waals surface area contributed by atoms with Crippen LogP contribution in [0.3, 0.4) is 0 Å². The van der Waals surface area contributed by atoms with Crippen molar-refractivity contribution < 1.29 is 9.53 Å². The van der Waals surface area contributed by atoms with Gasteiger partial charge in [0.05, 0.1) is 7.11 Å². The van der Waals surface area contributed by atoms with Gasteiger partial charge in [-0.3, -0.25) is 0 Å². The predicted molar refractivity (Wildman–Crippen MR) is 63.7 cm³/mol. The van der Waals surface area contributed by atoms with Gasteiger partial charge in [-0.25, -0.2) is 0 Å². The van der Waals surface area contributed by atoms with Crippen LogP contribution in [0, 0.1) is 11.3 Å². The summed E-state index contributed by atoms with van der Waals surface area (Å²) in [5.74, 6) is 1.36. The van der Waals surface area contributed by atoms with Crippen LogP contribution < -0.4 is 4.74 Å². The number of hydrogen-bond acceptors (Lipinski definition) is 2. The summed E-state index contributed by atoms with van der Waals surface area (Å²) in [7, 11) is 1.70. The van der Waals surface area contributed by atoms with Crippen LogP contribution >= 0.6 is 0 Å². The number of carbonyl (C=O) groups is 1. The quantitative estimate of drug-likeness (QED) is 0.729. The number of benzene rings is 1. The molecular weight excluding hydrogens is 200 g/mol. The monoisotopic (exact) mass is 218 g/mol. The fourth-order valence-corrected chi connectivity index (χ4v) is 2.43. The zero-order chi connectivity index (χ0) is 11.8. The van der Waals surface area contributed by atoms with Crippen LogP contribution in [0.5, 0.6) is 5.75 Å². The molecule has 1 atom stereocenters. The van der Waals surface area contributed by atoms with E-state index in [1.165, 1.54) is 11.1 Å². The molecule has 1 aromatic rings. The van der Waals surface area contributed by atoms with Gasteiger partial charge in [0.25, 0.3) is 0 Å². The van der Waals surface area contributed by atoms with E-state index < -0.39 is 0 Å². The number of rotatable bonds is 3. The highest BCUT2D eigenvalue weighted by Crippen LogP contribution is 2.40. The molecule has 0 aromatic heterocycles. The van der Waals surface area contributed by atoms with Crippen molar-refractivity contribution in [1.29, 1.82) is 0 Å². The summed E-state index contributed by atoms with van der Waals surface area (Å²) >= 11 is 0. The van der Waals surface area contributed by atoms with Crippen molar-refractivity contribution in [3.63, 3.8) is 0 Å². The van der Waals surface area contributed by atoms with E-state index in [9.17, 15) is 4.79 Å². The van der Waals surface area contributed by atoms with Crippen molar-refractivity contribution in [2.75, 3.05) is 7.11 Å². The molecule has 1 aromatic carbocycles. The molecule has 2 nitrogen and oxygen atoms in total. The second-order valence-electron chi connectivity index (χ2n) is 5.14. The molecule has 1 aliphatic carbocycles. The first kappa shape index (κ1) is 11.2. The topological polar surface area (TPSA) is 26.3 Å². The Labute approximate surface area is 96.6 Å². The molecule has 0 N–H and O–H groups in total. The van der Waals surface area contributed by atoms with E-state index in [1.807, 2.05) is 26.0 Å². The van der Waals surface area contributed by atoms with Gasteiger partial charge in [-0.1, -0.05) is 26.0 Å². The van der Waals surface area contributed by atoms with Crippen molar-refractivity contribution in [1.82, 2.24) is 0 Å². The Morgan fingerprint density at radius 2 is 2.12 bits per heavy atom. The standard InChI is InChI=1S/C14H18O2/c1-14(2,9-15)11-7-10-5-4-6-13(16-3)12(10)8-11/h4-6,9,11H,7-8H2,1-3H3. The van der Waals surface area contributed by atoms with Gasteiger partial charge in [-0.2, -0.15) is 0 Å². The summed E-state index contributed by atoms with van der Waals surface area (Å²) in [6, 6.07) is 6.15. The smallest absolute Gasteiger partial charge is 0.125 e. The normalized spacial score (nSPS) is 19.3. The first-order chi connectivity index (χ1) is 7.58. The van der Waals surface area contributed by atoms with E-state index in [0.717, 1.165) is 24.9 Å². The predicted octanol–water partition coefficient (Wildman–Crippen LogP) is 2.64. The SMILES string of the molecule is COc1cccc2c1CC(C(C)(C)C=O)C2. The Kier molecular flexibility index (Phi) is 2.75. The molecule has 0 bridgehead atoms. The minimum atomic E-state index is -0.246. The summed E-state index contributed by atoms with van der Waals surface area (Å²) in [4.78, 5) is 11.1. The van der Waals surface area contributed by atoms with Gasteiger partial charge in [0.2, 0.25) is 0 Å². The highest BCUT2D eigenvalue weighted by Gasteiger charge is 2.35. The maximum absolute atomic E-state index is 11.1. The molecular formula is C14H18O2. The molecule has 2 heteroatoms. The van der Waals surface area contributed by atoms with E-state index >= 15 is 0 Å². The Hall–Kier alpha value is -1.31. The van der Waals surface area contributed by atoms with Gasteiger partial charge in [0, 0.05) is 5.41 Å². The number of aldehydes is 1. The lowest BCUT2D eigenvalue weighted by molar-refractivity contribution is -0.116. The van der Waals surface area contributed by atoms with Crippen molar-refractivity contribution in [3.8, 4) is 5.75 Å². The number of carbonyl (C=O) groups excluding carboxylic acids is 1. The first-order valence-corrected chi connectivity index (χ1v) is 5.69. The Balaban J connectivity index is 2.31. The number of fused-ring (bicyclic) bond motifs is 1. The van der Waals surface area contributed by atoms with Crippen molar-refractivity contribution >= 4 is 6.29 Å². The maximum Gasteiger partial charge on any atom is 0.125 e. The second-order valence-corrected chi connectivity index (χ2v) is 5.14. The molecule has 1 aliphatic rings. The molecule has 2 rings (SSSR count). The zero-order valence-electron chi connectivity index (χ0n) is 10.1. The average Bonchev–Trinajstić information content (AvgIpc) is 2.73. The first-order valence-electron chi connectivity index (χ1n) is 5.69. The summed E-state index contributed by atoms with van der Waals surface area (Å²) in [5, 5.41) is 0. The molecule has 0 saturated carbocycles. The van der Waals surface area contributed by atoms with Crippen LogP contribution in [0.2, 0.25) is 0 Å². The maximum atomic E-state index is 11.1. The van der Waals surface area contributed by atoms with Crippen LogP contribution in [0.25, 0.3) is 0 Å². The van der Waals surface area contributed by atoms with Gasteiger partial charge in [-0.05, 0) is 36.0 Å². The van der Waals surface area contributed by atoms with Gasteiger partial charge in [-0.15, -0.1) is 0 Å². The summed E-state index contributed by atoms with van der Waals surface area (Å²) in [6.07, 6.45) is 3.01. The molecule has 0 amide bonds. The summed E-state index contributed by atoms with van der Waals surface area (Å²) < 4.78 is 5.36. The zero-order valence-corrected chi connectivity index (χ0v) is 10.1. The van der Waals surface area contributed by atoms with E-state index in [-0.39, 0.29) is 5.41 Å². The fraction of sp³-hybridized carbons (Fsp3) is 0.500. The van der Waals surface area contributed by atoms with Crippen LogP contribution in [-0.2, 0) is 17.6 Å². The van der Waals surface area contributed by atoms with E-state index in [2.05, 4.69) is 6.07 Å². The van der Waals surface area contributed by atoms with E-state index in [4.69, 9.17) is 4.74 Å². The lowest BCUT2D eigenvalue weighted by Gasteiger charge is -2.24. The summed E-state index contributed by atoms with van der Waals surface area (Å²) in [5.41, 5.74) is 2.37. The van der Waals surface area contributed by atoms with Gasteiger partial charge < -0.3 is 9.53 Å². The lowest BCUT2D eigenvalue weighted by atomic mass is 9.78. The van der Waals surface area contributed by atoms with Crippen LogP contribution in [0.4, 0.5) is 0 Å². The van der Waals surface area contributed by atoms with Gasteiger partial charge in [0.15, 0.2) is 0 Å². The Morgan fingerprint density at radius 1 is 1.38 bits per heavy atom. The highest BCUT2D eigenvalue weighted by atomic mass is 16.5. The molecule has 1 unspecified atom stereocenters. The van der Waals surface area contributed by atoms with Crippen LogP contribution in [0.15, 0.2) is 18.2 Å². The fourth-order valence-electron chi connectivity index (χ4n) is 2.43. The van der Waals surface area contributed by atoms with Gasteiger partial charge in [0.1, 0.15) is 12.0 Å². The largest absolute Gasteiger partial charge is 0.496 e. The highest BCUT2D eigenvalue weighted by molar-refractivity contribution is 5.60. The molecule has 0 radical (unpaired) electrons. The number of ether oxygens (including phenoxy) is 1. The molecule has 0 fully saturated rings. The summed E-state index contributed by atoms with van der Waals surface area (Å²) in [6.45, 7) is 4.03. The third-order valence-corrected chi connectivity index (χ3v) is 3.72. The average molecular weight is 218 g/mol. The molecule has 0 heterocycles. The van der Waals surface area contributed by atoms with Crippen LogP contribution in [0.1, 0.15) is 25.0 Å². The van der Waals surface area contributed by atoms with Crippen molar-refractivity contribution in [3.05, 3.63) is 29.3 Å². The lowest BCUT2D eigenvalue weighted by Crippen LogP contribution is -2.25. The molecule has 0 aliphatic heterocycles. The second kappa shape index (κ2) is 3.93. The van der Waals surface area contributed by atoms with E-state index in [1.54, 1.807) is 7.11 Å². The van der Waals surface area contributed by atoms with Crippen molar-refractivity contribution in [2.45, 2.75) is 26.7 Å². The van der Waals surface area contributed by atoms with Crippen LogP contribution in [-0.4, -0.2) is 13.4 Å². The molecule has 86 valence electrons. The number of hydrogen-bond donors (Lipinski definition) is 0. The Morgan fingerprint density at radius 3 is 2.75 bits per heavy atom.